The summed E-state index contributed by atoms with van der Waals surface area (Å²) >= 11 is 0. The van der Waals surface area contributed by atoms with Gasteiger partial charge in [0, 0.05) is 18.0 Å². The standard InChI is InChI=1S/C20H13N3O4/c24-18(13-6-8-15(9-7-13)22-11-3-10-21-22)23-17-5-2-1-4-14(17)12-16(19(23)25)20(26)27/h1-12H,(H,26,27). The first-order chi connectivity index (χ1) is 13.1. The Labute approximate surface area is 152 Å². The number of pyridine rings is 1. The molecule has 2 aromatic heterocycles. The summed E-state index contributed by atoms with van der Waals surface area (Å²) in [5.41, 5.74) is 0.0694. The van der Waals surface area contributed by atoms with Gasteiger partial charge in [0.05, 0.1) is 11.2 Å². The molecule has 0 atom stereocenters. The SMILES string of the molecule is O=C(O)c1cc2ccccc2n(C(=O)c2ccc(-n3cccn3)cc2)c1=O. The second kappa shape index (κ2) is 6.38. The van der Waals surface area contributed by atoms with E-state index in [9.17, 15) is 19.5 Å². The van der Waals surface area contributed by atoms with E-state index in [0.717, 1.165) is 10.3 Å². The van der Waals surface area contributed by atoms with Gasteiger partial charge in [0.15, 0.2) is 0 Å². The monoisotopic (exact) mass is 359 g/mol. The summed E-state index contributed by atoms with van der Waals surface area (Å²) in [6.45, 7) is 0. The van der Waals surface area contributed by atoms with Crippen molar-refractivity contribution in [3.63, 3.8) is 0 Å². The van der Waals surface area contributed by atoms with E-state index in [1.54, 1.807) is 71.7 Å². The number of benzene rings is 2. The lowest BCUT2D eigenvalue weighted by atomic mass is 10.1. The fourth-order valence-corrected chi connectivity index (χ4v) is 2.92. The maximum Gasteiger partial charge on any atom is 0.341 e. The molecular formula is C20H13N3O4. The highest BCUT2D eigenvalue weighted by Gasteiger charge is 2.20. The average Bonchev–Trinajstić information content (AvgIpc) is 3.22. The van der Waals surface area contributed by atoms with Crippen molar-refractivity contribution in [2.24, 2.45) is 0 Å². The quantitative estimate of drug-likeness (QED) is 0.607. The number of carboxylic acid groups (broad SMARTS) is 1. The van der Waals surface area contributed by atoms with E-state index in [-0.39, 0.29) is 5.56 Å². The molecule has 0 aliphatic carbocycles. The Bertz CT molecular complexity index is 1220. The van der Waals surface area contributed by atoms with Crippen LogP contribution in [0.3, 0.4) is 0 Å². The van der Waals surface area contributed by atoms with Crippen LogP contribution in [0.4, 0.5) is 0 Å². The predicted molar refractivity (Wildman–Crippen MR) is 98.5 cm³/mol. The minimum absolute atomic E-state index is 0.265. The number of para-hydroxylation sites is 1. The van der Waals surface area contributed by atoms with Gasteiger partial charge in [-0.05, 0) is 47.9 Å². The molecule has 0 saturated heterocycles. The zero-order valence-corrected chi connectivity index (χ0v) is 13.9. The van der Waals surface area contributed by atoms with E-state index in [4.69, 9.17) is 0 Å². The Morgan fingerprint density at radius 3 is 2.37 bits per heavy atom. The lowest BCUT2D eigenvalue weighted by molar-refractivity contribution is 0.0695. The molecule has 0 radical (unpaired) electrons. The number of aromatic nitrogens is 3. The van der Waals surface area contributed by atoms with Gasteiger partial charge in [-0.2, -0.15) is 5.10 Å². The van der Waals surface area contributed by atoms with E-state index < -0.39 is 23.0 Å². The van der Waals surface area contributed by atoms with Crippen LogP contribution in [0.15, 0.2) is 77.9 Å². The second-order valence-corrected chi connectivity index (χ2v) is 5.87. The van der Waals surface area contributed by atoms with Gasteiger partial charge < -0.3 is 5.11 Å². The normalized spacial score (nSPS) is 10.8. The molecule has 0 saturated carbocycles. The summed E-state index contributed by atoms with van der Waals surface area (Å²) < 4.78 is 2.54. The smallest absolute Gasteiger partial charge is 0.341 e. The highest BCUT2D eigenvalue weighted by molar-refractivity contribution is 6.03. The van der Waals surface area contributed by atoms with Gasteiger partial charge in [0.1, 0.15) is 5.56 Å². The van der Waals surface area contributed by atoms with Crippen LogP contribution in [0.1, 0.15) is 20.7 Å². The van der Waals surface area contributed by atoms with Crippen LogP contribution in [-0.2, 0) is 0 Å². The van der Waals surface area contributed by atoms with Gasteiger partial charge in [-0.15, -0.1) is 0 Å². The zero-order chi connectivity index (χ0) is 19.0. The fraction of sp³-hybridized carbons (Fsp3) is 0. The molecule has 0 amide bonds. The highest BCUT2D eigenvalue weighted by atomic mass is 16.4. The van der Waals surface area contributed by atoms with Gasteiger partial charge in [-0.25, -0.2) is 14.0 Å². The number of fused-ring (bicyclic) bond motifs is 1. The summed E-state index contributed by atoms with van der Waals surface area (Å²) in [4.78, 5) is 37.1. The maximum absolute atomic E-state index is 13.0. The molecule has 27 heavy (non-hydrogen) atoms. The van der Waals surface area contributed by atoms with Gasteiger partial charge in [0.25, 0.3) is 11.5 Å². The lowest BCUT2D eigenvalue weighted by Gasteiger charge is -2.11. The van der Waals surface area contributed by atoms with Crippen LogP contribution in [0.5, 0.6) is 0 Å². The first-order valence-electron chi connectivity index (χ1n) is 8.09. The number of carbonyl (C=O) groups excluding carboxylic acids is 1. The van der Waals surface area contributed by atoms with Crippen molar-refractivity contribution >= 4 is 22.8 Å². The van der Waals surface area contributed by atoms with Crippen molar-refractivity contribution in [2.45, 2.75) is 0 Å². The summed E-state index contributed by atoms with van der Waals surface area (Å²) in [6.07, 6.45) is 3.41. The van der Waals surface area contributed by atoms with Crippen LogP contribution < -0.4 is 5.56 Å². The summed E-state index contributed by atoms with van der Waals surface area (Å²) in [5, 5.41) is 13.9. The number of rotatable bonds is 3. The van der Waals surface area contributed by atoms with Gasteiger partial charge in [-0.1, -0.05) is 18.2 Å². The molecular weight excluding hydrogens is 346 g/mol. The van der Waals surface area contributed by atoms with Crippen LogP contribution in [0.2, 0.25) is 0 Å². The van der Waals surface area contributed by atoms with Crippen LogP contribution >= 0.6 is 0 Å². The summed E-state index contributed by atoms with van der Waals surface area (Å²) in [6, 6.07) is 16.3. The molecule has 0 aliphatic rings. The molecule has 132 valence electrons. The molecule has 0 aliphatic heterocycles. The molecule has 4 rings (SSSR count). The van der Waals surface area contributed by atoms with Crippen LogP contribution in [-0.4, -0.2) is 31.3 Å². The number of carbonyl (C=O) groups is 2. The molecule has 7 nitrogen and oxygen atoms in total. The topological polar surface area (TPSA) is 94.2 Å². The molecule has 0 unspecified atom stereocenters. The Hall–Kier alpha value is -4.00. The Kier molecular flexibility index (Phi) is 3.89. The molecule has 2 heterocycles. The highest BCUT2D eigenvalue weighted by Crippen LogP contribution is 2.16. The molecule has 1 N–H and O–H groups in total. The summed E-state index contributed by atoms with van der Waals surface area (Å²) in [5.74, 6) is -1.97. The number of hydrogen-bond donors (Lipinski definition) is 1. The number of hydrogen-bond acceptors (Lipinski definition) is 4. The first-order valence-corrected chi connectivity index (χ1v) is 8.09. The van der Waals surface area contributed by atoms with Crippen molar-refractivity contribution in [1.29, 1.82) is 0 Å². The Morgan fingerprint density at radius 1 is 0.963 bits per heavy atom. The Balaban J connectivity index is 1.86. The van der Waals surface area contributed by atoms with Crippen molar-refractivity contribution < 1.29 is 14.7 Å². The largest absolute Gasteiger partial charge is 0.477 e. The van der Waals surface area contributed by atoms with Crippen molar-refractivity contribution in [3.05, 3.63) is 94.5 Å². The number of aromatic carboxylic acids is 1. The van der Waals surface area contributed by atoms with Crippen molar-refractivity contribution in [3.8, 4) is 5.69 Å². The Morgan fingerprint density at radius 2 is 1.70 bits per heavy atom. The molecule has 0 fully saturated rings. The fourth-order valence-electron chi connectivity index (χ4n) is 2.92. The lowest BCUT2D eigenvalue weighted by Crippen LogP contribution is -2.31. The minimum atomic E-state index is -1.37. The third kappa shape index (κ3) is 2.81. The van der Waals surface area contributed by atoms with E-state index in [1.807, 2.05) is 0 Å². The second-order valence-electron chi connectivity index (χ2n) is 5.87. The van der Waals surface area contributed by atoms with E-state index >= 15 is 0 Å². The molecule has 2 aromatic carbocycles. The van der Waals surface area contributed by atoms with Crippen LogP contribution in [0.25, 0.3) is 16.6 Å². The van der Waals surface area contributed by atoms with E-state index in [0.29, 0.717) is 10.9 Å². The van der Waals surface area contributed by atoms with Gasteiger partial charge in [-0.3, -0.25) is 9.59 Å². The number of carboxylic acids is 1. The molecule has 7 heteroatoms. The van der Waals surface area contributed by atoms with E-state index in [1.165, 1.54) is 6.07 Å². The van der Waals surface area contributed by atoms with Crippen molar-refractivity contribution in [1.82, 2.24) is 14.3 Å². The van der Waals surface area contributed by atoms with Crippen LogP contribution in [0, 0.1) is 0 Å². The molecule has 0 bridgehead atoms. The third-order valence-corrected chi connectivity index (χ3v) is 4.23. The third-order valence-electron chi connectivity index (χ3n) is 4.23. The maximum atomic E-state index is 13.0. The average molecular weight is 359 g/mol. The first kappa shape index (κ1) is 16.5. The van der Waals surface area contributed by atoms with Crippen molar-refractivity contribution in [2.75, 3.05) is 0 Å². The zero-order valence-electron chi connectivity index (χ0n) is 13.9. The van der Waals surface area contributed by atoms with Gasteiger partial charge >= 0.3 is 5.97 Å². The molecule has 4 aromatic rings. The predicted octanol–water partition coefficient (Wildman–Crippen LogP) is 2.57. The van der Waals surface area contributed by atoms with E-state index in [2.05, 4.69) is 5.10 Å². The van der Waals surface area contributed by atoms with Gasteiger partial charge in [0.2, 0.25) is 0 Å². The summed E-state index contributed by atoms with van der Waals surface area (Å²) in [7, 11) is 0. The number of nitrogens with zero attached hydrogens (tertiary/aromatic N) is 3. The minimum Gasteiger partial charge on any atom is -0.477 e. The molecule has 0 spiro atoms.